The molecule has 1 saturated carbocycles. The monoisotopic (exact) mass is 706 g/mol. The standard InChI is InChI=1S/C37H71O10P/c1-3-5-7-8-9-10-11-12-13-14-15-18-21-25-36(40)44-30-35(31-46-48(42,43)45-29-34(39)28-38)47-37(41)26-22-19-16-17-20-24-33-27-32(33)23-6-4-2/h32-35,38-39H,3-31H2,1-2H3,(H,42,43). The molecule has 0 aromatic carbocycles. The van der Waals surface area contributed by atoms with E-state index in [0.29, 0.717) is 12.8 Å². The fraction of sp³-hybridized carbons (Fsp3) is 0.946. The molecule has 0 saturated heterocycles. The minimum absolute atomic E-state index is 0.196. The zero-order valence-electron chi connectivity index (χ0n) is 30.5. The van der Waals surface area contributed by atoms with E-state index in [9.17, 15) is 24.2 Å². The molecule has 5 atom stereocenters. The molecule has 10 nitrogen and oxygen atoms in total. The molecule has 0 aliphatic heterocycles. The maximum atomic E-state index is 12.6. The minimum Gasteiger partial charge on any atom is -0.462 e. The van der Waals surface area contributed by atoms with Crippen molar-refractivity contribution in [3.63, 3.8) is 0 Å². The summed E-state index contributed by atoms with van der Waals surface area (Å²) in [4.78, 5) is 34.8. The van der Waals surface area contributed by atoms with Gasteiger partial charge in [0.05, 0.1) is 19.8 Å². The Bertz CT molecular complexity index is 841. The van der Waals surface area contributed by atoms with Crippen LogP contribution in [0, 0.1) is 11.8 Å². The first-order valence-corrected chi connectivity index (χ1v) is 21.0. The summed E-state index contributed by atoms with van der Waals surface area (Å²) in [6.45, 7) is 2.40. The van der Waals surface area contributed by atoms with E-state index in [-0.39, 0.29) is 19.4 Å². The summed E-state index contributed by atoms with van der Waals surface area (Å²) in [6, 6.07) is 0. The Kier molecular flexibility index (Phi) is 27.8. The number of hydrogen-bond donors (Lipinski definition) is 3. The number of phosphoric acid groups is 1. The molecule has 3 N–H and O–H groups in total. The lowest BCUT2D eigenvalue weighted by Crippen LogP contribution is -2.29. The van der Waals surface area contributed by atoms with Crippen molar-refractivity contribution >= 4 is 19.8 Å². The third-order valence-electron chi connectivity index (χ3n) is 9.23. The molecular formula is C37H71O10P. The van der Waals surface area contributed by atoms with Gasteiger partial charge in [-0.15, -0.1) is 0 Å². The van der Waals surface area contributed by atoms with Gasteiger partial charge in [-0.05, 0) is 31.1 Å². The Labute approximate surface area is 292 Å². The molecule has 5 unspecified atom stereocenters. The van der Waals surface area contributed by atoms with Gasteiger partial charge in [-0.25, -0.2) is 4.57 Å². The summed E-state index contributed by atoms with van der Waals surface area (Å²) in [6.07, 6.45) is 25.5. The second-order valence-corrected chi connectivity index (χ2v) is 15.3. The highest BCUT2D eigenvalue weighted by Gasteiger charge is 2.35. The fourth-order valence-corrected chi connectivity index (χ4v) is 6.83. The van der Waals surface area contributed by atoms with Crippen LogP contribution in [0.25, 0.3) is 0 Å². The zero-order chi connectivity index (χ0) is 35.3. The van der Waals surface area contributed by atoms with Crippen molar-refractivity contribution < 1.29 is 47.8 Å². The molecule has 0 aromatic rings. The molecule has 0 radical (unpaired) electrons. The van der Waals surface area contributed by atoms with Crippen LogP contribution in [0.1, 0.15) is 174 Å². The van der Waals surface area contributed by atoms with E-state index >= 15 is 0 Å². The number of aliphatic hydroxyl groups is 2. The Morgan fingerprint density at radius 2 is 1.10 bits per heavy atom. The number of aliphatic hydroxyl groups excluding tert-OH is 2. The number of phosphoric ester groups is 1. The van der Waals surface area contributed by atoms with Crippen molar-refractivity contribution in [2.75, 3.05) is 26.4 Å². The van der Waals surface area contributed by atoms with Crippen molar-refractivity contribution in [1.29, 1.82) is 0 Å². The molecule has 48 heavy (non-hydrogen) atoms. The third-order valence-corrected chi connectivity index (χ3v) is 10.2. The molecule has 11 heteroatoms. The normalized spacial score (nSPS) is 18.3. The summed E-state index contributed by atoms with van der Waals surface area (Å²) in [5.41, 5.74) is 0. The van der Waals surface area contributed by atoms with Crippen LogP contribution >= 0.6 is 7.82 Å². The van der Waals surface area contributed by atoms with Crippen molar-refractivity contribution in [1.82, 2.24) is 0 Å². The average Bonchev–Trinajstić information content (AvgIpc) is 3.83. The van der Waals surface area contributed by atoms with Gasteiger partial charge in [-0.1, -0.05) is 142 Å². The Balaban J connectivity index is 2.28. The van der Waals surface area contributed by atoms with Crippen LogP contribution in [0.2, 0.25) is 0 Å². The van der Waals surface area contributed by atoms with Gasteiger partial charge in [0.2, 0.25) is 0 Å². The first-order valence-electron chi connectivity index (χ1n) is 19.5. The lowest BCUT2D eigenvalue weighted by molar-refractivity contribution is -0.161. The molecule has 284 valence electrons. The Hall–Kier alpha value is -1.03. The summed E-state index contributed by atoms with van der Waals surface area (Å²) in [5, 5.41) is 18.3. The Morgan fingerprint density at radius 1 is 0.646 bits per heavy atom. The highest BCUT2D eigenvalue weighted by atomic mass is 31.2. The quantitative estimate of drug-likeness (QED) is 0.0331. The van der Waals surface area contributed by atoms with Crippen LogP contribution in [-0.4, -0.2) is 65.7 Å². The van der Waals surface area contributed by atoms with Crippen molar-refractivity contribution in [3.8, 4) is 0 Å². The van der Waals surface area contributed by atoms with E-state index in [1.165, 1.54) is 103 Å². The van der Waals surface area contributed by atoms with Crippen LogP contribution in [0.4, 0.5) is 0 Å². The third kappa shape index (κ3) is 26.8. The number of unbranched alkanes of at least 4 members (excludes halogenated alkanes) is 17. The van der Waals surface area contributed by atoms with Gasteiger partial charge in [0.1, 0.15) is 12.7 Å². The largest absolute Gasteiger partial charge is 0.472 e. The zero-order valence-corrected chi connectivity index (χ0v) is 31.4. The molecule has 1 aliphatic rings. The van der Waals surface area contributed by atoms with Gasteiger partial charge in [0.25, 0.3) is 0 Å². The van der Waals surface area contributed by atoms with E-state index in [0.717, 1.165) is 43.9 Å². The predicted molar refractivity (Wildman–Crippen MR) is 189 cm³/mol. The predicted octanol–water partition coefficient (Wildman–Crippen LogP) is 8.97. The fourth-order valence-electron chi connectivity index (χ4n) is 6.04. The highest BCUT2D eigenvalue weighted by molar-refractivity contribution is 7.47. The molecule has 0 bridgehead atoms. The summed E-state index contributed by atoms with van der Waals surface area (Å²) >= 11 is 0. The number of carbonyl (C=O) groups is 2. The number of ether oxygens (including phenoxy) is 2. The summed E-state index contributed by atoms with van der Waals surface area (Å²) in [5.74, 6) is 0.968. The smallest absolute Gasteiger partial charge is 0.462 e. The average molecular weight is 707 g/mol. The number of hydrogen-bond acceptors (Lipinski definition) is 9. The van der Waals surface area contributed by atoms with Gasteiger partial charge < -0.3 is 24.6 Å². The number of carbonyl (C=O) groups excluding carboxylic acids is 2. The molecule has 1 rings (SSSR count). The van der Waals surface area contributed by atoms with Crippen LogP contribution in [-0.2, 0) is 32.7 Å². The maximum Gasteiger partial charge on any atom is 0.472 e. The van der Waals surface area contributed by atoms with Gasteiger partial charge in [-0.3, -0.25) is 18.6 Å². The van der Waals surface area contributed by atoms with Gasteiger partial charge in [0.15, 0.2) is 6.10 Å². The number of rotatable bonds is 35. The molecule has 0 spiro atoms. The second-order valence-electron chi connectivity index (χ2n) is 13.9. The summed E-state index contributed by atoms with van der Waals surface area (Å²) in [7, 11) is -4.60. The first kappa shape index (κ1) is 45.0. The summed E-state index contributed by atoms with van der Waals surface area (Å²) < 4.78 is 32.6. The van der Waals surface area contributed by atoms with E-state index in [4.69, 9.17) is 19.1 Å². The lowest BCUT2D eigenvalue weighted by Gasteiger charge is -2.20. The second kappa shape index (κ2) is 29.7. The lowest BCUT2D eigenvalue weighted by atomic mass is 10.0. The van der Waals surface area contributed by atoms with E-state index < -0.39 is 51.8 Å². The van der Waals surface area contributed by atoms with Gasteiger partial charge in [-0.2, -0.15) is 0 Å². The van der Waals surface area contributed by atoms with E-state index in [2.05, 4.69) is 18.4 Å². The minimum atomic E-state index is -4.60. The molecule has 0 aromatic heterocycles. The van der Waals surface area contributed by atoms with Gasteiger partial charge >= 0.3 is 19.8 Å². The van der Waals surface area contributed by atoms with Crippen molar-refractivity contribution in [2.24, 2.45) is 11.8 Å². The van der Waals surface area contributed by atoms with Crippen LogP contribution < -0.4 is 0 Å². The topological polar surface area (TPSA) is 149 Å². The van der Waals surface area contributed by atoms with E-state index in [1.54, 1.807) is 0 Å². The highest BCUT2D eigenvalue weighted by Crippen LogP contribution is 2.45. The molecule has 1 fully saturated rings. The van der Waals surface area contributed by atoms with Crippen LogP contribution in [0.3, 0.4) is 0 Å². The number of esters is 2. The van der Waals surface area contributed by atoms with E-state index in [1.807, 2.05) is 0 Å². The molecule has 0 amide bonds. The van der Waals surface area contributed by atoms with Crippen LogP contribution in [0.5, 0.6) is 0 Å². The molecule has 1 aliphatic carbocycles. The first-order chi connectivity index (χ1) is 23.2. The molecular weight excluding hydrogens is 635 g/mol. The van der Waals surface area contributed by atoms with Crippen LogP contribution in [0.15, 0.2) is 0 Å². The molecule has 0 heterocycles. The maximum absolute atomic E-state index is 12.6. The SMILES string of the molecule is CCCCCCCCCCCCCCCC(=O)OCC(COP(=O)(O)OCC(O)CO)OC(=O)CCCCCCCC1CC1CCCC. The van der Waals surface area contributed by atoms with Crippen molar-refractivity contribution in [3.05, 3.63) is 0 Å². The van der Waals surface area contributed by atoms with Gasteiger partial charge in [0, 0.05) is 12.8 Å². The van der Waals surface area contributed by atoms with Crippen molar-refractivity contribution in [2.45, 2.75) is 187 Å². The Morgan fingerprint density at radius 3 is 1.65 bits per heavy atom.